The maximum Gasteiger partial charge on any atom is 0.305 e. The summed E-state index contributed by atoms with van der Waals surface area (Å²) in [5, 5.41) is 8.79. The SMILES string of the molecule is CCN(C(=O)CCSc1ccccc1)C(C)CC(=O)O. The van der Waals surface area contributed by atoms with Crippen LogP contribution in [-0.2, 0) is 9.59 Å². The van der Waals surface area contributed by atoms with Crippen molar-refractivity contribution >= 4 is 23.6 Å². The van der Waals surface area contributed by atoms with Crippen LogP contribution in [-0.4, -0.2) is 40.2 Å². The summed E-state index contributed by atoms with van der Waals surface area (Å²) in [5.41, 5.74) is 0. The van der Waals surface area contributed by atoms with Gasteiger partial charge in [-0.05, 0) is 26.0 Å². The highest BCUT2D eigenvalue weighted by molar-refractivity contribution is 7.99. The second kappa shape index (κ2) is 8.64. The van der Waals surface area contributed by atoms with Crippen LogP contribution in [0.4, 0.5) is 0 Å². The second-order valence-corrected chi connectivity index (χ2v) is 5.71. The first-order chi connectivity index (χ1) is 9.54. The molecule has 0 aliphatic carbocycles. The van der Waals surface area contributed by atoms with Crippen molar-refractivity contribution in [1.29, 1.82) is 0 Å². The third-order valence-corrected chi connectivity index (χ3v) is 4.00. The van der Waals surface area contributed by atoms with Gasteiger partial charge in [0, 0.05) is 29.7 Å². The van der Waals surface area contributed by atoms with Crippen molar-refractivity contribution in [3.63, 3.8) is 0 Å². The van der Waals surface area contributed by atoms with E-state index >= 15 is 0 Å². The predicted octanol–water partition coefficient (Wildman–Crippen LogP) is 2.88. The van der Waals surface area contributed by atoms with Gasteiger partial charge in [0.2, 0.25) is 5.91 Å². The number of hydrogen-bond acceptors (Lipinski definition) is 3. The van der Waals surface area contributed by atoms with Crippen LogP contribution in [0.2, 0.25) is 0 Å². The van der Waals surface area contributed by atoms with Crippen LogP contribution < -0.4 is 0 Å². The summed E-state index contributed by atoms with van der Waals surface area (Å²) in [6.45, 7) is 4.20. The average molecular weight is 295 g/mol. The highest BCUT2D eigenvalue weighted by atomic mass is 32.2. The third kappa shape index (κ3) is 5.65. The third-order valence-electron chi connectivity index (χ3n) is 2.99. The van der Waals surface area contributed by atoms with E-state index in [2.05, 4.69) is 0 Å². The molecular formula is C15H21NO3S. The molecule has 0 saturated carbocycles. The summed E-state index contributed by atoms with van der Waals surface area (Å²) < 4.78 is 0. The molecule has 0 spiro atoms. The highest BCUT2D eigenvalue weighted by Gasteiger charge is 2.20. The van der Waals surface area contributed by atoms with E-state index in [4.69, 9.17) is 5.11 Å². The Morgan fingerprint density at radius 2 is 1.95 bits per heavy atom. The van der Waals surface area contributed by atoms with Gasteiger partial charge in [-0.3, -0.25) is 9.59 Å². The predicted molar refractivity (Wildman–Crippen MR) is 80.9 cm³/mol. The Labute approximate surface area is 124 Å². The number of carbonyl (C=O) groups is 2. The molecular weight excluding hydrogens is 274 g/mol. The topological polar surface area (TPSA) is 57.6 Å². The Balaban J connectivity index is 2.41. The molecule has 4 nitrogen and oxygen atoms in total. The summed E-state index contributed by atoms with van der Waals surface area (Å²) in [7, 11) is 0. The van der Waals surface area contributed by atoms with E-state index in [0.29, 0.717) is 18.7 Å². The maximum absolute atomic E-state index is 12.1. The van der Waals surface area contributed by atoms with Gasteiger partial charge in [0.25, 0.3) is 0 Å². The van der Waals surface area contributed by atoms with Crippen LogP contribution in [0.5, 0.6) is 0 Å². The number of nitrogens with zero attached hydrogens (tertiary/aromatic N) is 1. The zero-order valence-corrected chi connectivity index (χ0v) is 12.7. The summed E-state index contributed by atoms with van der Waals surface area (Å²) in [5.74, 6) is -0.147. The molecule has 0 aromatic heterocycles. The first-order valence-corrected chi connectivity index (χ1v) is 7.72. The number of carbonyl (C=O) groups excluding carboxylic acids is 1. The highest BCUT2D eigenvalue weighted by Crippen LogP contribution is 2.18. The lowest BCUT2D eigenvalue weighted by Gasteiger charge is -2.27. The zero-order chi connectivity index (χ0) is 15.0. The molecule has 1 atom stereocenters. The summed E-state index contributed by atoms with van der Waals surface area (Å²) in [6, 6.07) is 9.67. The molecule has 1 amide bonds. The molecule has 0 aliphatic rings. The largest absolute Gasteiger partial charge is 0.481 e. The summed E-state index contributed by atoms with van der Waals surface area (Å²) in [6.07, 6.45) is 0.419. The number of amides is 1. The van der Waals surface area contributed by atoms with Gasteiger partial charge < -0.3 is 10.0 Å². The molecule has 1 rings (SSSR count). The Kier molecular flexibility index (Phi) is 7.15. The average Bonchev–Trinajstić information content (AvgIpc) is 2.40. The van der Waals surface area contributed by atoms with Crippen molar-refractivity contribution in [2.75, 3.05) is 12.3 Å². The lowest BCUT2D eigenvalue weighted by Crippen LogP contribution is -2.39. The Morgan fingerprint density at radius 1 is 1.30 bits per heavy atom. The standard InChI is InChI=1S/C15H21NO3S/c1-3-16(12(2)11-15(18)19)14(17)9-10-20-13-7-5-4-6-8-13/h4-8,12H,3,9-11H2,1-2H3,(H,18,19). The fraction of sp³-hybridized carbons (Fsp3) is 0.467. The van der Waals surface area contributed by atoms with E-state index < -0.39 is 5.97 Å². The molecule has 0 bridgehead atoms. The number of carboxylic acid groups (broad SMARTS) is 1. The molecule has 0 fully saturated rings. The molecule has 0 heterocycles. The van der Waals surface area contributed by atoms with E-state index in [1.54, 1.807) is 23.6 Å². The van der Waals surface area contributed by atoms with Crippen molar-refractivity contribution in [2.24, 2.45) is 0 Å². The van der Waals surface area contributed by atoms with Crippen molar-refractivity contribution in [1.82, 2.24) is 4.90 Å². The molecule has 1 aromatic carbocycles. The monoisotopic (exact) mass is 295 g/mol. The van der Waals surface area contributed by atoms with Crippen molar-refractivity contribution in [2.45, 2.75) is 37.6 Å². The summed E-state index contributed by atoms with van der Waals surface area (Å²) in [4.78, 5) is 25.6. The Morgan fingerprint density at radius 3 is 2.50 bits per heavy atom. The number of rotatable bonds is 8. The Hall–Kier alpha value is -1.49. The minimum Gasteiger partial charge on any atom is -0.481 e. The fourth-order valence-electron chi connectivity index (χ4n) is 2.01. The van der Waals surface area contributed by atoms with Gasteiger partial charge in [-0.15, -0.1) is 11.8 Å². The van der Waals surface area contributed by atoms with E-state index in [-0.39, 0.29) is 18.4 Å². The number of thioether (sulfide) groups is 1. The van der Waals surface area contributed by atoms with E-state index in [1.165, 1.54) is 0 Å². The van der Waals surface area contributed by atoms with Crippen LogP contribution in [0, 0.1) is 0 Å². The zero-order valence-electron chi connectivity index (χ0n) is 11.9. The minimum atomic E-state index is -0.873. The molecule has 0 radical (unpaired) electrons. The lowest BCUT2D eigenvalue weighted by molar-refractivity contribution is -0.140. The first-order valence-electron chi connectivity index (χ1n) is 6.73. The molecule has 1 unspecified atom stereocenters. The quantitative estimate of drug-likeness (QED) is 0.749. The van der Waals surface area contributed by atoms with E-state index in [9.17, 15) is 9.59 Å². The minimum absolute atomic E-state index is 0.00852. The molecule has 110 valence electrons. The van der Waals surface area contributed by atoms with Crippen LogP contribution >= 0.6 is 11.8 Å². The fourth-order valence-corrected chi connectivity index (χ4v) is 2.88. The van der Waals surface area contributed by atoms with Crippen LogP contribution in [0.1, 0.15) is 26.7 Å². The molecule has 20 heavy (non-hydrogen) atoms. The van der Waals surface area contributed by atoms with Gasteiger partial charge in [-0.25, -0.2) is 0 Å². The summed E-state index contributed by atoms with van der Waals surface area (Å²) >= 11 is 1.64. The van der Waals surface area contributed by atoms with Crippen LogP contribution in [0.3, 0.4) is 0 Å². The van der Waals surface area contributed by atoms with Crippen molar-refractivity contribution in [3.05, 3.63) is 30.3 Å². The normalized spacial score (nSPS) is 11.9. The molecule has 1 N–H and O–H groups in total. The van der Waals surface area contributed by atoms with Gasteiger partial charge in [0.05, 0.1) is 6.42 Å². The molecule has 1 aromatic rings. The smallest absolute Gasteiger partial charge is 0.305 e. The molecule has 0 saturated heterocycles. The van der Waals surface area contributed by atoms with Crippen molar-refractivity contribution < 1.29 is 14.7 Å². The first kappa shape index (κ1) is 16.6. The maximum atomic E-state index is 12.1. The number of hydrogen-bond donors (Lipinski definition) is 1. The second-order valence-electron chi connectivity index (χ2n) is 4.54. The van der Waals surface area contributed by atoms with Gasteiger partial charge in [0.1, 0.15) is 0 Å². The van der Waals surface area contributed by atoms with Gasteiger partial charge >= 0.3 is 5.97 Å². The number of benzene rings is 1. The Bertz CT molecular complexity index is 436. The lowest BCUT2D eigenvalue weighted by atomic mass is 10.2. The van der Waals surface area contributed by atoms with Gasteiger partial charge in [-0.1, -0.05) is 18.2 Å². The van der Waals surface area contributed by atoms with Gasteiger partial charge in [0.15, 0.2) is 0 Å². The van der Waals surface area contributed by atoms with E-state index in [0.717, 1.165) is 4.90 Å². The van der Waals surface area contributed by atoms with Crippen LogP contribution in [0.25, 0.3) is 0 Å². The van der Waals surface area contributed by atoms with Gasteiger partial charge in [-0.2, -0.15) is 0 Å². The number of aliphatic carboxylic acids is 1. The van der Waals surface area contributed by atoms with E-state index in [1.807, 2.05) is 37.3 Å². The molecule has 5 heteroatoms. The van der Waals surface area contributed by atoms with Crippen molar-refractivity contribution in [3.8, 4) is 0 Å². The number of carboxylic acids is 1. The molecule has 0 aliphatic heterocycles. The van der Waals surface area contributed by atoms with Crippen LogP contribution in [0.15, 0.2) is 35.2 Å².